The van der Waals surface area contributed by atoms with E-state index in [0.29, 0.717) is 42.0 Å². The predicted molar refractivity (Wildman–Crippen MR) is 172 cm³/mol. The number of aryl methyl sites for hydroxylation is 1. The van der Waals surface area contributed by atoms with Crippen molar-refractivity contribution in [1.29, 1.82) is 0 Å². The molecule has 0 saturated carbocycles. The average Bonchev–Trinajstić information content (AvgIpc) is 3.27. The molecule has 11 nitrogen and oxygen atoms in total. The highest BCUT2D eigenvalue weighted by atomic mass is 32.2. The van der Waals surface area contributed by atoms with Gasteiger partial charge in [-0.3, -0.25) is 14.1 Å². The number of amides is 1. The van der Waals surface area contributed by atoms with E-state index in [1.165, 1.54) is 7.11 Å². The van der Waals surface area contributed by atoms with Crippen LogP contribution in [0.1, 0.15) is 51.9 Å². The molecule has 1 amide bonds. The van der Waals surface area contributed by atoms with Crippen LogP contribution in [-0.2, 0) is 32.7 Å². The Kier molecular flexibility index (Phi) is 8.83. The van der Waals surface area contributed by atoms with Gasteiger partial charge in [0.15, 0.2) is 12.6 Å². The highest BCUT2D eigenvalue weighted by Crippen LogP contribution is 2.40. The standard InChI is InChI=1S/C33H38FN5O6S/c1-6-19-8-7-9-20-12-23(44-18-43-5)13-24(27(19)20)29-28(34)30-25(14-35-29)31(37-26(36-30)17-46(41)42)38-15-21-10-11-22(16-38)39(21)32(40)45-33(2,3)4/h7-9,12-14,21-22H,6,10-11,15-18H2,1-5H3,(H,41,42)/p-1. The van der Waals surface area contributed by atoms with E-state index in [1.807, 2.05) is 56.9 Å². The molecular formula is C33H37FN5O6S-. The van der Waals surface area contributed by atoms with Crippen molar-refractivity contribution in [2.45, 2.75) is 70.4 Å². The van der Waals surface area contributed by atoms with Crippen LogP contribution in [0.15, 0.2) is 36.5 Å². The molecule has 2 aliphatic rings. The van der Waals surface area contributed by atoms with Gasteiger partial charge in [0.05, 0.1) is 23.2 Å². The number of hydrogen-bond acceptors (Lipinski definition) is 10. The fraction of sp³-hybridized carbons (Fsp3) is 0.455. The first-order chi connectivity index (χ1) is 22.0. The molecule has 2 fully saturated rings. The SMILES string of the molecule is CCc1cccc2cc(OCOC)cc(-c3ncc4c(N5CC6CCC(C5)N6C(=O)OC(C)(C)C)nc(CS(=O)[O-])nc4c3F)c12. The summed E-state index contributed by atoms with van der Waals surface area (Å²) in [4.78, 5) is 30.5. The van der Waals surface area contributed by atoms with Gasteiger partial charge in [-0.15, -0.1) is 0 Å². The Morgan fingerprint density at radius 2 is 1.89 bits per heavy atom. The number of methoxy groups -OCH3 is 1. The van der Waals surface area contributed by atoms with Crippen LogP contribution in [0.5, 0.6) is 5.75 Å². The van der Waals surface area contributed by atoms with Crippen LogP contribution in [-0.4, -0.2) is 79.4 Å². The number of nitrogens with zero attached hydrogens (tertiary/aromatic N) is 5. The summed E-state index contributed by atoms with van der Waals surface area (Å²) in [5.41, 5.74) is 0.950. The van der Waals surface area contributed by atoms with Gasteiger partial charge >= 0.3 is 6.09 Å². The Balaban J connectivity index is 1.47. The van der Waals surface area contributed by atoms with E-state index in [4.69, 9.17) is 14.2 Å². The second kappa shape index (κ2) is 12.7. The number of anilines is 1. The second-order valence-electron chi connectivity index (χ2n) is 12.7. The van der Waals surface area contributed by atoms with E-state index in [-0.39, 0.29) is 42.0 Å². The summed E-state index contributed by atoms with van der Waals surface area (Å²) in [6, 6.07) is 9.21. The monoisotopic (exact) mass is 650 g/mol. The Hall–Kier alpha value is -3.94. The molecular weight excluding hydrogens is 613 g/mol. The maximum atomic E-state index is 16.8. The van der Waals surface area contributed by atoms with Crippen molar-refractivity contribution < 1.29 is 32.2 Å². The van der Waals surface area contributed by atoms with Crippen molar-refractivity contribution in [3.05, 3.63) is 53.7 Å². The molecule has 3 atom stereocenters. The number of piperazine rings is 1. The number of carbonyl (C=O) groups is 1. The number of rotatable bonds is 8. The average molecular weight is 651 g/mol. The zero-order chi connectivity index (χ0) is 32.7. The van der Waals surface area contributed by atoms with E-state index in [2.05, 4.69) is 15.0 Å². The molecule has 244 valence electrons. The lowest BCUT2D eigenvalue weighted by Gasteiger charge is -2.42. The van der Waals surface area contributed by atoms with Gasteiger partial charge in [0, 0.05) is 32.0 Å². The largest absolute Gasteiger partial charge is 0.772 e. The van der Waals surface area contributed by atoms with Gasteiger partial charge in [0.1, 0.15) is 34.2 Å². The topological polar surface area (TPSA) is 130 Å². The fourth-order valence-electron chi connectivity index (χ4n) is 6.54. The predicted octanol–water partition coefficient (Wildman–Crippen LogP) is 5.50. The molecule has 3 unspecified atom stereocenters. The summed E-state index contributed by atoms with van der Waals surface area (Å²) in [6.45, 7) is 8.40. The summed E-state index contributed by atoms with van der Waals surface area (Å²) in [7, 11) is 1.52. The molecule has 4 heterocycles. The number of pyridine rings is 1. The van der Waals surface area contributed by atoms with Gasteiger partial charge in [-0.2, -0.15) is 0 Å². The number of ether oxygens (including phenoxy) is 3. The van der Waals surface area contributed by atoms with Gasteiger partial charge in [-0.1, -0.05) is 25.1 Å². The van der Waals surface area contributed by atoms with Gasteiger partial charge in [-0.05, 0) is 79.6 Å². The van der Waals surface area contributed by atoms with E-state index in [0.717, 1.165) is 29.2 Å². The number of carbonyl (C=O) groups excluding carboxylic acids is 1. The summed E-state index contributed by atoms with van der Waals surface area (Å²) in [6.07, 6.45) is 3.47. The third-order valence-electron chi connectivity index (χ3n) is 8.36. The summed E-state index contributed by atoms with van der Waals surface area (Å²) < 4.78 is 56.9. The van der Waals surface area contributed by atoms with Crippen LogP contribution >= 0.6 is 0 Å². The molecule has 0 radical (unpaired) electrons. The van der Waals surface area contributed by atoms with Crippen molar-refractivity contribution in [3.63, 3.8) is 0 Å². The Morgan fingerprint density at radius 3 is 2.54 bits per heavy atom. The molecule has 0 aliphatic carbocycles. The zero-order valence-electron chi connectivity index (χ0n) is 26.5. The third kappa shape index (κ3) is 6.23. The van der Waals surface area contributed by atoms with E-state index < -0.39 is 28.3 Å². The molecule has 2 aromatic heterocycles. The quantitative estimate of drug-likeness (QED) is 0.178. The smallest absolute Gasteiger partial charge is 0.410 e. The third-order valence-corrected chi connectivity index (χ3v) is 8.85. The van der Waals surface area contributed by atoms with Crippen LogP contribution in [0.3, 0.4) is 0 Å². The molecule has 2 bridgehead atoms. The summed E-state index contributed by atoms with van der Waals surface area (Å²) in [5, 5.41) is 2.05. The molecule has 2 aromatic carbocycles. The summed E-state index contributed by atoms with van der Waals surface area (Å²) >= 11 is -2.50. The van der Waals surface area contributed by atoms with Crippen molar-refractivity contribution in [2.24, 2.45) is 0 Å². The van der Waals surface area contributed by atoms with E-state index >= 15 is 4.39 Å². The molecule has 2 saturated heterocycles. The van der Waals surface area contributed by atoms with E-state index in [9.17, 15) is 13.6 Å². The minimum absolute atomic E-state index is 0.0154. The fourth-order valence-corrected chi connectivity index (χ4v) is 6.88. The van der Waals surface area contributed by atoms with Crippen LogP contribution in [0.2, 0.25) is 0 Å². The molecule has 0 spiro atoms. The van der Waals surface area contributed by atoms with Crippen LogP contribution < -0.4 is 9.64 Å². The molecule has 4 aromatic rings. The Morgan fingerprint density at radius 1 is 1.15 bits per heavy atom. The first-order valence-corrected chi connectivity index (χ1v) is 16.6. The van der Waals surface area contributed by atoms with Gasteiger partial charge < -0.3 is 23.7 Å². The molecule has 2 aliphatic heterocycles. The maximum absolute atomic E-state index is 16.8. The normalized spacial score (nSPS) is 18.8. The highest BCUT2D eigenvalue weighted by Gasteiger charge is 2.45. The number of hydrogen-bond donors (Lipinski definition) is 0. The van der Waals surface area contributed by atoms with Crippen molar-refractivity contribution in [3.8, 4) is 17.0 Å². The van der Waals surface area contributed by atoms with Crippen molar-refractivity contribution in [1.82, 2.24) is 19.9 Å². The molecule has 6 rings (SSSR count). The van der Waals surface area contributed by atoms with Crippen LogP contribution in [0.4, 0.5) is 15.0 Å². The number of aromatic nitrogens is 3. The Bertz CT molecular complexity index is 1820. The van der Waals surface area contributed by atoms with Crippen molar-refractivity contribution >= 4 is 44.7 Å². The minimum atomic E-state index is -2.50. The minimum Gasteiger partial charge on any atom is -0.772 e. The Labute approximate surface area is 269 Å². The van der Waals surface area contributed by atoms with Crippen LogP contribution in [0, 0.1) is 5.82 Å². The number of halogens is 1. The first-order valence-electron chi connectivity index (χ1n) is 15.3. The first kappa shape index (κ1) is 32.0. The number of fused-ring (bicyclic) bond motifs is 4. The summed E-state index contributed by atoms with van der Waals surface area (Å²) in [5.74, 6) is -0.312. The molecule has 13 heteroatoms. The van der Waals surface area contributed by atoms with Gasteiger partial charge in [-0.25, -0.2) is 19.2 Å². The second-order valence-corrected chi connectivity index (χ2v) is 13.6. The number of benzene rings is 2. The molecule has 46 heavy (non-hydrogen) atoms. The van der Waals surface area contributed by atoms with Crippen LogP contribution in [0.25, 0.3) is 32.9 Å². The highest BCUT2D eigenvalue weighted by molar-refractivity contribution is 7.78. The van der Waals surface area contributed by atoms with Gasteiger partial charge in [0.25, 0.3) is 0 Å². The zero-order valence-corrected chi connectivity index (χ0v) is 27.4. The van der Waals surface area contributed by atoms with E-state index in [1.54, 1.807) is 17.2 Å². The lowest BCUT2D eigenvalue weighted by atomic mass is 9.95. The van der Waals surface area contributed by atoms with Crippen molar-refractivity contribution in [2.75, 3.05) is 31.9 Å². The lowest BCUT2D eigenvalue weighted by molar-refractivity contribution is 0.0123. The molecule has 0 N–H and O–H groups in total. The lowest BCUT2D eigenvalue weighted by Crippen LogP contribution is -2.57. The maximum Gasteiger partial charge on any atom is 0.410 e. The van der Waals surface area contributed by atoms with Gasteiger partial charge in [0.2, 0.25) is 0 Å².